The Balaban J connectivity index is 1.66. The summed E-state index contributed by atoms with van der Waals surface area (Å²) >= 11 is 0. The molecule has 0 aliphatic carbocycles. The molecule has 4 heteroatoms. The van der Waals surface area contributed by atoms with Gasteiger partial charge in [0.25, 0.3) is 0 Å². The van der Waals surface area contributed by atoms with E-state index >= 15 is 0 Å². The molecule has 2 rings (SSSR count). The van der Waals surface area contributed by atoms with Crippen molar-refractivity contribution in [1.29, 1.82) is 0 Å². The second-order valence-electron chi connectivity index (χ2n) is 3.86. The summed E-state index contributed by atoms with van der Waals surface area (Å²) in [6.45, 7) is 1.89. The van der Waals surface area contributed by atoms with Crippen LogP contribution < -0.4 is 10.1 Å². The van der Waals surface area contributed by atoms with Crippen LogP contribution in [0.2, 0.25) is 0 Å². The number of hydrogen-bond acceptors (Lipinski definition) is 4. The standard InChI is InChI=1S/C11H17N3O/c1-2-5-14-10(3-1)4-6-15-11-7-12-9-13-8-11/h7-10,14H,1-6H2. The predicted octanol–water partition coefficient (Wildman–Crippen LogP) is 1.39. The van der Waals surface area contributed by atoms with Gasteiger partial charge in [0.05, 0.1) is 19.0 Å². The molecule has 1 aromatic rings. The number of ether oxygens (including phenoxy) is 1. The Hall–Kier alpha value is -1.16. The van der Waals surface area contributed by atoms with Crippen molar-refractivity contribution in [2.75, 3.05) is 13.2 Å². The number of nitrogens with zero attached hydrogens (tertiary/aromatic N) is 2. The van der Waals surface area contributed by atoms with Crippen LogP contribution in [0.1, 0.15) is 25.7 Å². The quantitative estimate of drug-likeness (QED) is 0.810. The van der Waals surface area contributed by atoms with Crippen molar-refractivity contribution < 1.29 is 4.74 Å². The molecular formula is C11H17N3O. The first-order valence-electron chi connectivity index (χ1n) is 5.56. The van der Waals surface area contributed by atoms with Crippen molar-refractivity contribution in [2.24, 2.45) is 0 Å². The molecule has 1 aromatic heterocycles. The molecule has 4 nitrogen and oxygen atoms in total. The highest BCUT2D eigenvalue weighted by molar-refractivity contribution is 5.09. The van der Waals surface area contributed by atoms with E-state index in [1.165, 1.54) is 25.6 Å². The van der Waals surface area contributed by atoms with Gasteiger partial charge in [0, 0.05) is 6.04 Å². The number of piperidine rings is 1. The van der Waals surface area contributed by atoms with E-state index in [1.807, 2.05) is 0 Å². The monoisotopic (exact) mass is 207 g/mol. The fourth-order valence-electron chi connectivity index (χ4n) is 1.85. The van der Waals surface area contributed by atoms with Crippen molar-refractivity contribution in [3.05, 3.63) is 18.7 Å². The summed E-state index contributed by atoms with van der Waals surface area (Å²) in [5.74, 6) is 0.758. The maximum atomic E-state index is 5.54. The Labute approximate surface area is 90.1 Å². The molecule has 82 valence electrons. The highest BCUT2D eigenvalue weighted by Gasteiger charge is 2.11. The third-order valence-corrected chi connectivity index (χ3v) is 2.68. The average Bonchev–Trinajstić information content (AvgIpc) is 2.32. The van der Waals surface area contributed by atoms with Gasteiger partial charge < -0.3 is 10.1 Å². The van der Waals surface area contributed by atoms with Gasteiger partial charge in [0.15, 0.2) is 5.75 Å². The highest BCUT2D eigenvalue weighted by Crippen LogP contribution is 2.11. The minimum Gasteiger partial charge on any atom is -0.490 e. The van der Waals surface area contributed by atoms with Crippen LogP contribution in [-0.4, -0.2) is 29.2 Å². The molecule has 2 heterocycles. The van der Waals surface area contributed by atoms with E-state index in [0.29, 0.717) is 6.04 Å². The minimum absolute atomic E-state index is 0.628. The van der Waals surface area contributed by atoms with Crippen molar-refractivity contribution in [3.8, 4) is 5.75 Å². The maximum absolute atomic E-state index is 5.54. The molecule has 0 bridgehead atoms. The van der Waals surface area contributed by atoms with Crippen LogP contribution in [-0.2, 0) is 0 Å². The lowest BCUT2D eigenvalue weighted by molar-refractivity contribution is 0.266. The van der Waals surface area contributed by atoms with E-state index in [2.05, 4.69) is 15.3 Å². The zero-order valence-electron chi connectivity index (χ0n) is 8.85. The average molecular weight is 207 g/mol. The SMILES string of the molecule is c1ncc(OCCC2CCCCN2)cn1. The van der Waals surface area contributed by atoms with Gasteiger partial charge in [0.2, 0.25) is 0 Å². The summed E-state index contributed by atoms with van der Waals surface area (Å²) in [5.41, 5.74) is 0. The van der Waals surface area contributed by atoms with E-state index in [0.717, 1.165) is 25.3 Å². The molecule has 1 unspecified atom stereocenters. The van der Waals surface area contributed by atoms with Gasteiger partial charge in [0.1, 0.15) is 6.33 Å². The smallest absolute Gasteiger partial charge is 0.155 e. The first kappa shape index (κ1) is 10.4. The predicted molar refractivity (Wildman–Crippen MR) is 57.8 cm³/mol. The summed E-state index contributed by atoms with van der Waals surface area (Å²) in [4.78, 5) is 7.80. The van der Waals surface area contributed by atoms with Gasteiger partial charge in [-0.3, -0.25) is 0 Å². The van der Waals surface area contributed by atoms with Gasteiger partial charge in [-0.15, -0.1) is 0 Å². The lowest BCUT2D eigenvalue weighted by Crippen LogP contribution is -2.35. The van der Waals surface area contributed by atoms with Crippen molar-refractivity contribution in [1.82, 2.24) is 15.3 Å². The Morgan fingerprint density at radius 1 is 1.33 bits per heavy atom. The van der Waals surface area contributed by atoms with E-state index < -0.39 is 0 Å². The lowest BCUT2D eigenvalue weighted by atomic mass is 10.0. The fourth-order valence-corrected chi connectivity index (χ4v) is 1.85. The van der Waals surface area contributed by atoms with Crippen LogP contribution in [0.5, 0.6) is 5.75 Å². The Kier molecular flexibility index (Phi) is 3.91. The molecule has 1 atom stereocenters. The highest BCUT2D eigenvalue weighted by atomic mass is 16.5. The zero-order chi connectivity index (χ0) is 10.3. The number of rotatable bonds is 4. The van der Waals surface area contributed by atoms with Crippen LogP contribution >= 0.6 is 0 Å². The number of nitrogens with one attached hydrogen (secondary N) is 1. The Morgan fingerprint density at radius 2 is 2.20 bits per heavy atom. The minimum atomic E-state index is 0.628. The molecule has 0 radical (unpaired) electrons. The Morgan fingerprint density at radius 3 is 2.93 bits per heavy atom. The molecule has 0 aromatic carbocycles. The summed E-state index contributed by atoms with van der Waals surface area (Å²) in [6, 6.07) is 0.628. The van der Waals surface area contributed by atoms with Crippen LogP contribution in [0.4, 0.5) is 0 Å². The molecule has 1 aliphatic heterocycles. The van der Waals surface area contributed by atoms with Gasteiger partial charge in [-0.25, -0.2) is 9.97 Å². The van der Waals surface area contributed by atoms with Gasteiger partial charge >= 0.3 is 0 Å². The van der Waals surface area contributed by atoms with E-state index in [4.69, 9.17) is 4.74 Å². The summed E-state index contributed by atoms with van der Waals surface area (Å²) in [5, 5.41) is 3.49. The topological polar surface area (TPSA) is 47.0 Å². The Bertz CT molecular complexity index is 272. The number of aromatic nitrogens is 2. The second kappa shape index (κ2) is 5.66. The zero-order valence-corrected chi connectivity index (χ0v) is 8.85. The fraction of sp³-hybridized carbons (Fsp3) is 0.636. The van der Waals surface area contributed by atoms with Gasteiger partial charge in [-0.05, 0) is 25.8 Å². The van der Waals surface area contributed by atoms with E-state index in [1.54, 1.807) is 12.4 Å². The van der Waals surface area contributed by atoms with Crippen molar-refractivity contribution in [2.45, 2.75) is 31.7 Å². The molecule has 1 fully saturated rings. The first-order chi connectivity index (χ1) is 7.45. The molecule has 0 spiro atoms. The largest absolute Gasteiger partial charge is 0.490 e. The third kappa shape index (κ3) is 3.47. The molecule has 15 heavy (non-hydrogen) atoms. The first-order valence-corrected chi connectivity index (χ1v) is 5.56. The van der Waals surface area contributed by atoms with Gasteiger partial charge in [-0.2, -0.15) is 0 Å². The second-order valence-corrected chi connectivity index (χ2v) is 3.86. The van der Waals surface area contributed by atoms with Crippen LogP contribution in [0, 0.1) is 0 Å². The van der Waals surface area contributed by atoms with Crippen LogP contribution in [0.15, 0.2) is 18.7 Å². The van der Waals surface area contributed by atoms with Crippen molar-refractivity contribution in [3.63, 3.8) is 0 Å². The normalized spacial score (nSPS) is 21.2. The molecule has 1 aliphatic rings. The van der Waals surface area contributed by atoms with Crippen LogP contribution in [0.3, 0.4) is 0 Å². The van der Waals surface area contributed by atoms with Gasteiger partial charge in [-0.1, -0.05) is 6.42 Å². The molecular weight excluding hydrogens is 190 g/mol. The van der Waals surface area contributed by atoms with E-state index in [-0.39, 0.29) is 0 Å². The lowest BCUT2D eigenvalue weighted by Gasteiger charge is -2.23. The number of hydrogen-bond donors (Lipinski definition) is 1. The van der Waals surface area contributed by atoms with E-state index in [9.17, 15) is 0 Å². The summed E-state index contributed by atoms with van der Waals surface area (Å²) in [7, 11) is 0. The summed E-state index contributed by atoms with van der Waals surface area (Å²) in [6.07, 6.45) is 9.89. The van der Waals surface area contributed by atoms with Crippen molar-refractivity contribution >= 4 is 0 Å². The maximum Gasteiger partial charge on any atom is 0.155 e. The molecule has 1 saturated heterocycles. The summed E-state index contributed by atoms with van der Waals surface area (Å²) < 4.78 is 5.54. The molecule has 0 amide bonds. The van der Waals surface area contributed by atoms with Crippen LogP contribution in [0.25, 0.3) is 0 Å². The molecule has 1 N–H and O–H groups in total. The third-order valence-electron chi connectivity index (χ3n) is 2.68. The molecule has 0 saturated carbocycles.